The number of nitrogens with one attached hydrogen (secondary N) is 2. The summed E-state index contributed by atoms with van der Waals surface area (Å²) in [7, 11) is 0. The lowest BCUT2D eigenvalue weighted by atomic mass is 10.2. The molecule has 0 spiro atoms. The first-order valence-electron chi connectivity index (χ1n) is 8.83. The fraction of sp³-hybridized carbons (Fsp3) is 0.556. The van der Waals surface area contributed by atoms with Gasteiger partial charge < -0.3 is 5.32 Å². The number of carbonyl (C=O) groups excluding carboxylic acids is 2. The first-order chi connectivity index (χ1) is 12.1. The number of carbonyl (C=O) groups is 2. The molecule has 25 heavy (non-hydrogen) atoms. The van der Waals surface area contributed by atoms with Crippen molar-refractivity contribution in [1.29, 1.82) is 0 Å². The number of hydrogen-bond donors (Lipinski definition) is 2. The number of urea groups is 1. The molecule has 0 saturated carbocycles. The van der Waals surface area contributed by atoms with Crippen molar-refractivity contribution >= 4 is 23.5 Å². The summed E-state index contributed by atoms with van der Waals surface area (Å²) >= 11 is 6.02. The van der Waals surface area contributed by atoms with Crippen LogP contribution in [-0.4, -0.2) is 61.0 Å². The Morgan fingerprint density at radius 2 is 1.88 bits per heavy atom. The second-order valence-corrected chi connectivity index (χ2v) is 6.78. The van der Waals surface area contributed by atoms with Crippen molar-refractivity contribution in [2.24, 2.45) is 0 Å². The Morgan fingerprint density at radius 3 is 2.56 bits per heavy atom. The molecule has 1 fully saturated rings. The van der Waals surface area contributed by atoms with Crippen LogP contribution in [0, 0.1) is 0 Å². The summed E-state index contributed by atoms with van der Waals surface area (Å²) in [4.78, 5) is 27.9. The van der Waals surface area contributed by atoms with E-state index in [-0.39, 0.29) is 12.5 Å². The van der Waals surface area contributed by atoms with Gasteiger partial charge in [0, 0.05) is 44.3 Å². The van der Waals surface area contributed by atoms with Gasteiger partial charge >= 0.3 is 6.03 Å². The van der Waals surface area contributed by atoms with Crippen LogP contribution in [-0.2, 0) is 11.3 Å². The largest absolute Gasteiger partial charge is 0.338 e. The first-order valence-corrected chi connectivity index (χ1v) is 9.21. The number of unbranched alkanes of at least 4 members (excludes halogenated alkanes) is 1. The van der Waals surface area contributed by atoms with Crippen molar-refractivity contribution in [2.75, 3.05) is 39.3 Å². The lowest BCUT2D eigenvalue weighted by molar-refractivity contribution is -0.121. The third kappa shape index (κ3) is 7.42. The van der Waals surface area contributed by atoms with Crippen molar-refractivity contribution < 1.29 is 9.59 Å². The van der Waals surface area contributed by atoms with Crippen molar-refractivity contribution in [3.8, 4) is 0 Å². The van der Waals surface area contributed by atoms with Crippen LogP contribution in [0.2, 0.25) is 5.02 Å². The maximum atomic E-state index is 11.9. The molecule has 0 aliphatic carbocycles. The molecule has 1 aliphatic heterocycles. The smallest absolute Gasteiger partial charge is 0.321 e. The van der Waals surface area contributed by atoms with Gasteiger partial charge in [0.15, 0.2) is 0 Å². The van der Waals surface area contributed by atoms with Crippen molar-refractivity contribution in [3.63, 3.8) is 0 Å². The quantitative estimate of drug-likeness (QED) is 0.725. The zero-order chi connectivity index (χ0) is 18.1. The van der Waals surface area contributed by atoms with Crippen LogP contribution < -0.4 is 10.6 Å². The predicted molar refractivity (Wildman–Crippen MR) is 99.6 cm³/mol. The Hall–Kier alpha value is -1.63. The summed E-state index contributed by atoms with van der Waals surface area (Å²) in [6.45, 7) is 7.17. The fourth-order valence-electron chi connectivity index (χ4n) is 2.79. The number of amides is 3. The van der Waals surface area contributed by atoms with Gasteiger partial charge in [0.25, 0.3) is 0 Å². The lowest BCUT2D eigenvalue weighted by Crippen LogP contribution is -2.50. The minimum atomic E-state index is -0.405. The van der Waals surface area contributed by atoms with E-state index in [0.29, 0.717) is 6.54 Å². The number of piperazine rings is 1. The second-order valence-electron chi connectivity index (χ2n) is 6.34. The van der Waals surface area contributed by atoms with E-state index < -0.39 is 6.03 Å². The number of hydrogen-bond acceptors (Lipinski definition) is 4. The van der Waals surface area contributed by atoms with Crippen LogP contribution in [0.15, 0.2) is 24.3 Å². The Labute approximate surface area is 154 Å². The van der Waals surface area contributed by atoms with Gasteiger partial charge in [-0.15, -0.1) is 0 Å². The zero-order valence-electron chi connectivity index (χ0n) is 14.8. The van der Waals surface area contributed by atoms with Crippen LogP contribution in [0.4, 0.5) is 4.79 Å². The van der Waals surface area contributed by atoms with Gasteiger partial charge in [0.05, 0.1) is 6.54 Å². The van der Waals surface area contributed by atoms with Crippen LogP contribution >= 0.6 is 11.6 Å². The number of halogens is 1. The van der Waals surface area contributed by atoms with Crippen molar-refractivity contribution in [1.82, 2.24) is 20.4 Å². The molecule has 138 valence electrons. The average Bonchev–Trinajstić information content (AvgIpc) is 2.57. The molecule has 1 saturated heterocycles. The molecule has 1 aromatic carbocycles. The van der Waals surface area contributed by atoms with Crippen LogP contribution in [0.3, 0.4) is 0 Å². The van der Waals surface area contributed by atoms with Gasteiger partial charge in [0.2, 0.25) is 5.91 Å². The molecule has 0 bridgehead atoms. The summed E-state index contributed by atoms with van der Waals surface area (Å²) in [5.41, 5.74) is 1.20. The molecule has 0 radical (unpaired) electrons. The molecule has 1 aromatic rings. The third-order valence-electron chi connectivity index (χ3n) is 4.20. The highest BCUT2D eigenvalue weighted by Gasteiger charge is 2.19. The molecule has 2 rings (SSSR count). The van der Waals surface area contributed by atoms with Gasteiger partial charge in [-0.25, -0.2) is 4.79 Å². The molecular formula is C18H27ClN4O2. The van der Waals surface area contributed by atoms with E-state index in [2.05, 4.69) is 33.4 Å². The highest BCUT2D eigenvalue weighted by molar-refractivity contribution is 6.30. The van der Waals surface area contributed by atoms with Gasteiger partial charge in [-0.3, -0.25) is 19.9 Å². The Morgan fingerprint density at radius 1 is 1.16 bits per heavy atom. The molecule has 1 heterocycles. The van der Waals surface area contributed by atoms with Crippen LogP contribution in [0.5, 0.6) is 0 Å². The highest BCUT2D eigenvalue weighted by Crippen LogP contribution is 2.13. The summed E-state index contributed by atoms with van der Waals surface area (Å²) in [6.07, 6.45) is 1.92. The molecular weight excluding hydrogens is 340 g/mol. The van der Waals surface area contributed by atoms with Crippen LogP contribution in [0.25, 0.3) is 0 Å². The predicted octanol–water partition coefficient (Wildman–Crippen LogP) is 2.08. The van der Waals surface area contributed by atoms with E-state index >= 15 is 0 Å². The summed E-state index contributed by atoms with van der Waals surface area (Å²) in [6, 6.07) is 7.49. The number of nitrogens with zero attached hydrogens (tertiary/aromatic N) is 2. The number of benzene rings is 1. The molecule has 0 aromatic heterocycles. The Balaban J connectivity index is 1.66. The summed E-state index contributed by atoms with van der Waals surface area (Å²) in [5, 5.41) is 5.82. The number of imide groups is 1. The minimum Gasteiger partial charge on any atom is -0.338 e. The zero-order valence-corrected chi connectivity index (χ0v) is 15.5. The Kier molecular flexibility index (Phi) is 8.18. The third-order valence-corrected chi connectivity index (χ3v) is 4.43. The highest BCUT2D eigenvalue weighted by atomic mass is 35.5. The lowest BCUT2D eigenvalue weighted by Gasteiger charge is -2.34. The maximum absolute atomic E-state index is 11.9. The Bertz CT molecular complexity index is 574. The van der Waals surface area contributed by atoms with E-state index in [1.54, 1.807) is 0 Å². The fourth-order valence-corrected chi connectivity index (χ4v) is 3.00. The van der Waals surface area contributed by atoms with Gasteiger partial charge in [-0.1, -0.05) is 37.1 Å². The van der Waals surface area contributed by atoms with Gasteiger partial charge in [-0.05, 0) is 24.1 Å². The molecule has 2 N–H and O–H groups in total. The first kappa shape index (κ1) is 19.7. The molecule has 0 unspecified atom stereocenters. The molecule has 6 nitrogen and oxygen atoms in total. The van der Waals surface area contributed by atoms with E-state index in [9.17, 15) is 9.59 Å². The van der Waals surface area contributed by atoms with Crippen LogP contribution in [0.1, 0.15) is 25.3 Å². The normalized spacial score (nSPS) is 15.8. The van der Waals surface area contributed by atoms with Crippen molar-refractivity contribution in [3.05, 3.63) is 34.9 Å². The minimum absolute atomic E-state index is 0.253. The molecule has 1 aliphatic rings. The maximum Gasteiger partial charge on any atom is 0.321 e. The van der Waals surface area contributed by atoms with Gasteiger partial charge in [0.1, 0.15) is 0 Å². The monoisotopic (exact) mass is 366 g/mol. The van der Waals surface area contributed by atoms with E-state index in [0.717, 1.165) is 50.6 Å². The van der Waals surface area contributed by atoms with E-state index in [4.69, 9.17) is 11.6 Å². The summed E-state index contributed by atoms with van der Waals surface area (Å²) < 4.78 is 0. The second kappa shape index (κ2) is 10.4. The van der Waals surface area contributed by atoms with E-state index in [1.165, 1.54) is 5.56 Å². The standard InChI is InChI=1S/C18H27ClN4O2/c1-2-3-7-20-18(25)21-17(24)14-23-10-8-22(9-11-23)13-15-5-4-6-16(19)12-15/h4-6,12H,2-3,7-11,13-14H2,1H3,(H2,20,21,24,25). The average molecular weight is 367 g/mol. The SMILES string of the molecule is CCCCNC(=O)NC(=O)CN1CCN(Cc2cccc(Cl)c2)CC1. The number of rotatable bonds is 7. The molecule has 3 amide bonds. The molecule has 0 atom stereocenters. The topological polar surface area (TPSA) is 64.7 Å². The van der Waals surface area contributed by atoms with Gasteiger partial charge in [-0.2, -0.15) is 0 Å². The molecule has 7 heteroatoms. The van der Waals surface area contributed by atoms with E-state index in [1.807, 2.05) is 18.2 Å². The summed E-state index contributed by atoms with van der Waals surface area (Å²) in [5.74, 6) is -0.253. The van der Waals surface area contributed by atoms with Crippen molar-refractivity contribution in [2.45, 2.75) is 26.3 Å².